The molecule has 19 heavy (non-hydrogen) atoms. The summed E-state index contributed by atoms with van der Waals surface area (Å²) in [7, 11) is 0. The van der Waals surface area contributed by atoms with E-state index >= 15 is 0 Å². The summed E-state index contributed by atoms with van der Waals surface area (Å²) in [5.41, 5.74) is 0.618. The van der Waals surface area contributed by atoms with E-state index in [1.807, 2.05) is 0 Å². The first-order chi connectivity index (χ1) is 9.19. The number of aromatic nitrogens is 2. The van der Waals surface area contributed by atoms with E-state index in [0.29, 0.717) is 24.0 Å². The van der Waals surface area contributed by atoms with Gasteiger partial charge < -0.3 is 10.6 Å². The Kier molecular flexibility index (Phi) is 4.30. The molecule has 0 fully saturated rings. The average molecular weight is 279 g/mol. The molecular weight excluding hydrogens is 267 g/mol. The van der Waals surface area contributed by atoms with Gasteiger partial charge >= 0.3 is 0 Å². The minimum absolute atomic E-state index is 0.0472. The number of nitrogens with one attached hydrogen (secondary N) is 2. The largest absolute Gasteiger partial charge is 0.366 e. The lowest BCUT2D eigenvalue weighted by Gasteiger charge is -2.07. The van der Waals surface area contributed by atoms with Gasteiger partial charge in [-0.25, -0.2) is 9.37 Å². The quantitative estimate of drug-likeness (QED) is 0.821. The third-order valence-electron chi connectivity index (χ3n) is 2.26. The summed E-state index contributed by atoms with van der Waals surface area (Å²) in [5, 5.41) is 6.04. The molecule has 0 spiro atoms. The predicted molar refractivity (Wildman–Crippen MR) is 75.4 cm³/mol. The van der Waals surface area contributed by atoms with Crippen LogP contribution in [0.25, 0.3) is 0 Å². The maximum absolute atomic E-state index is 13.0. The molecule has 2 N–H and O–H groups in total. The standard InChI is InChI=1S/C13H12ClFN4/c1-2-6-16-12-5-7-17-13(19-12)18-9-3-4-11(15)10(14)8-9/h2-5,7-8H,1,6H2,(H2,16,17,18,19). The third kappa shape index (κ3) is 3.66. The molecule has 2 aromatic rings. The van der Waals surface area contributed by atoms with Crippen LogP contribution >= 0.6 is 11.6 Å². The van der Waals surface area contributed by atoms with Crippen LogP contribution in [0.5, 0.6) is 0 Å². The molecule has 0 aliphatic rings. The normalized spacial score (nSPS) is 10.0. The minimum atomic E-state index is -0.463. The average Bonchev–Trinajstić information content (AvgIpc) is 2.41. The van der Waals surface area contributed by atoms with Crippen molar-refractivity contribution < 1.29 is 4.39 Å². The lowest BCUT2D eigenvalue weighted by atomic mass is 10.3. The molecular formula is C13H12ClFN4. The zero-order valence-corrected chi connectivity index (χ0v) is 10.8. The highest BCUT2D eigenvalue weighted by Crippen LogP contribution is 2.21. The van der Waals surface area contributed by atoms with Gasteiger partial charge in [0.1, 0.15) is 11.6 Å². The number of halogens is 2. The highest BCUT2D eigenvalue weighted by atomic mass is 35.5. The van der Waals surface area contributed by atoms with Gasteiger partial charge in [-0.1, -0.05) is 17.7 Å². The summed E-state index contributed by atoms with van der Waals surface area (Å²) in [5.74, 6) is 0.608. The van der Waals surface area contributed by atoms with Crippen LogP contribution in [0, 0.1) is 5.82 Å². The molecule has 0 unspecified atom stereocenters. The maximum Gasteiger partial charge on any atom is 0.229 e. The second kappa shape index (κ2) is 6.15. The number of benzene rings is 1. The molecule has 1 heterocycles. The third-order valence-corrected chi connectivity index (χ3v) is 2.55. The van der Waals surface area contributed by atoms with E-state index in [1.165, 1.54) is 12.1 Å². The highest BCUT2D eigenvalue weighted by molar-refractivity contribution is 6.31. The van der Waals surface area contributed by atoms with Gasteiger partial charge in [-0.3, -0.25) is 0 Å². The topological polar surface area (TPSA) is 49.8 Å². The van der Waals surface area contributed by atoms with Crippen LogP contribution in [0.3, 0.4) is 0 Å². The molecule has 0 amide bonds. The molecule has 0 bridgehead atoms. The Morgan fingerprint density at radius 2 is 2.21 bits per heavy atom. The Bertz CT molecular complexity index is 589. The first-order valence-electron chi connectivity index (χ1n) is 5.59. The molecule has 0 radical (unpaired) electrons. The van der Waals surface area contributed by atoms with Gasteiger partial charge in [-0.05, 0) is 24.3 Å². The molecule has 0 atom stereocenters. The monoisotopic (exact) mass is 278 g/mol. The van der Waals surface area contributed by atoms with E-state index in [1.54, 1.807) is 24.4 Å². The molecule has 0 saturated heterocycles. The van der Waals surface area contributed by atoms with Crippen LogP contribution in [-0.4, -0.2) is 16.5 Å². The van der Waals surface area contributed by atoms with Crippen molar-refractivity contribution in [2.75, 3.05) is 17.2 Å². The van der Waals surface area contributed by atoms with Crippen molar-refractivity contribution in [2.24, 2.45) is 0 Å². The van der Waals surface area contributed by atoms with Crippen molar-refractivity contribution in [3.63, 3.8) is 0 Å². The molecule has 6 heteroatoms. The summed E-state index contributed by atoms with van der Waals surface area (Å²) in [6.07, 6.45) is 3.35. The van der Waals surface area contributed by atoms with Gasteiger partial charge in [0.2, 0.25) is 5.95 Å². The van der Waals surface area contributed by atoms with Crippen molar-refractivity contribution in [3.05, 3.63) is 54.0 Å². The number of hydrogen-bond donors (Lipinski definition) is 2. The molecule has 4 nitrogen and oxygen atoms in total. The molecule has 0 aliphatic heterocycles. The summed E-state index contributed by atoms with van der Waals surface area (Å²) in [6, 6.07) is 6.06. The van der Waals surface area contributed by atoms with Crippen molar-refractivity contribution in [3.8, 4) is 0 Å². The molecule has 1 aromatic heterocycles. The second-order valence-corrected chi connectivity index (χ2v) is 4.10. The van der Waals surface area contributed by atoms with E-state index in [0.717, 1.165) is 0 Å². The van der Waals surface area contributed by atoms with Crippen molar-refractivity contribution in [2.45, 2.75) is 0 Å². The second-order valence-electron chi connectivity index (χ2n) is 3.69. The molecule has 0 aliphatic carbocycles. The Morgan fingerprint density at radius 1 is 1.37 bits per heavy atom. The lowest BCUT2D eigenvalue weighted by Crippen LogP contribution is -2.03. The van der Waals surface area contributed by atoms with Gasteiger partial charge in [0, 0.05) is 18.4 Å². The number of hydrogen-bond acceptors (Lipinski definition) is 4. The zero-order valence-electron chi connectivity index (χ0n) is 10.0. The first kappa shape index (κ1) is 13.3. The van der Waals surface area contributed by atoms with Crippen molar-refractivity contribution in [1.29, 1.82) is 0 Å². The minimum Gasteiger partial charge on any atom is -0.366 e. The SMILES string of the molecule is C=CCNc1ccnc(Nc2ccc(F)c(Cl)c2)n1. The first-order valence-corrected chi connectivity index (χ1v) is 5.97. The fraction of sp³-hybridized carbons (Fsp3) is 0.0769. The van der Waals surface area contributed by atoms with E-state index in [2.05, 4.69) is 27.2 Å². The number of nitrogens with zero attached hydrogens (tertiary/aromatic N) is 2. The van der Waals surface area contributed by atoms with E-state index in [9.17, 15) is 4.39 Å². The van der Waals surface area contributed by atoms with Gasteiger partial charge in [0.15, 0.2) is 0 Å². The molecule has 2 rings (SSSR count). The van der Waals surface area contributed by atoms with Gasteiger partial charge in [-0.15, -0.1) is 6.58 Å². The van der Waals surface area contributed by atoms with Crippen molar-refractivity contribution >= 4 is 29.1 Å². The van der Waals surface area contributed by atoms with Gasteiger partial charge in [-0.2, -0.15) is 4.98 Å². The van der Waals surface area contributed by atoms with Crippen LogP contribution in [-0.2, 0) is 0 Å². The van der Waals surface area contributed by atoms with Gasteiger partial charge in [0.25, 0.3) is 0 Å². The Morgan fingerprint density at radius 3 is 2.95 bits per heavy atom. The molecule has 98 valence electrons. The summed E-state index contributed by atoms with van der Waals surface area (Å²) >= 11 is 5.70. The van der Waals surface area contributed by atoms with Crippen LogP contribution < -0.4 is 10.6 Å². The number of anilines is 3. The number of rotatable bonds is 5. The smallest absolute Gasteiger partial charge is 0.229 e. The fourth-order valence-electron chi connectivity index (χ4n) is 1.40. The molecule has 1 aromatic carbocycles. The van der Waals surface area contributed by atoms with Crippen LogP contribution in [0.15, 0.2) is 43.1 Å². The van der Waals surface area contributed by atoms with E-state index in [-0.39, 0.29) is 5.02 Å². The molecule has 0 saturated carbocycles. The summed E-state index contributed by atoms with van der Waals surface area (Å²) in [6.45, 7) is 4.22. The lowest BCUT2D eigenvalue weighted by molar-refractivity contribution is 0.628. The van der Waals surface area contributed by atoms with E-state index < -0.39 is 5.82 Å². The Labute approximate surface area is 115 Å². The van der Waals surface area contributed by atoms with E-state index in [4.69, 9.17) is 11.6 Å². The summed E-state index contributed by atoms with van der Waals surface area (Å²) < 4.78 is 13.0. The Balaban J connectivity index is 2.13. The van der Waals surface area contributed by atoms with Crippen LogP contribution in [0.4, 0.5) is 21.8 Å². The highest BCUT2D eigenvalue weighted by Gasteiger charge is 2.03. The van der Waals surface area contributed by atoms with Gasteiger partial charge in [0.05, 0.1) is 5.02 Å². The zero-order chi connectivity index (χ0) is 13.7. The summed E-state index contributed by atoms with van der Waals surface area (Å²) in [4.78, 5) is 8.31. The van der Waals surface area contributed by atoms with Crippen LogP contribution in [0.2, 0.25) is 5.02 Å². The maximum atomic E-state index is 13.0. The predicted octanol–water partition coefficient (Wildman–Crippen LogP) is 3.61. The van der Waals surface area contributed by atoms with Crippen molar-refractivity contribution in [1.82, 2.24) is 9.97 Å². The Hall–Kier alpha value is -2.14. The van der Waals surface area contributed by atoms with Crippen LogP contribution in [0.1, 0.15) is 0 Å². The fourth-order valence-corrected chi connectivity index (χ4v) is 1.58.